The maximum atomic E-state index is 13.8. The lowest BCUT2D eigenvalue weighted by atomic mass is 10.1. The van der Waals surface area contributed by atoms with Crippen LogP contribution in [-0.2, 0) is 6.42 Å². The molecule has 3 aromatic carbocycles. The summed E-state index contributed by atoms with van der Waals surface area (Å²) < 4.78 is 14.6. The van der Waals surface area contributed by atoms with Gasteiger partial charge in [-0.15, -0.1) is 0 Å². The van der Waals surface area contributed by atoms with Crippen molar-refractivity contribution in [2.45, 2.75) is 40.0 Å². The lowest BCUT2D eigenvalue weighted by molar-refractivity contribution is 0.0734. The first-order valence-electron chi connectivity index (χ1n) is 13.2. The van der Waals surface area contributed by atoms with Crippen LogP contribution in [0, 0.1) is 0 Å². The molecular formula is C31H33N3O5. The monoisotopic (exact) mass is 527 g/mol. The smallest absolute Gasteiger partial charge is 0.416 e. The van der Waals surface area contributed by atoms with Gasteiger partial charge in [-0.25, -0.2) is 19.0 Å². The van der Waals surface area contributed by atoms with Gasteiger partial charge in [0.05, 0.1) is 22.5 Å². The molecule has 0 spiro atoms. The highest BCUT2D eigenvalue weighted by atomic mass is 16.6. The molecule has 0 aliphatic rings. The summed E-state index contributed by atoms with van der Waals surface area (Å²) in [6.45, 7) is 6.75. The second-order valence-corrected chi connectivity index (χ2v) is 8.94. The fraction of sp³-hybridized carbons (Fsp3) is 0.258. The Bertz CT molecular complexity index is 1450. The second-order valence-electron chi connectivity index (χ2n) is 8.94. The summed E-state index contributed by atoms with van der Waals surface area (Å²) in [5.41, 5.74) is 1.82. The van der Waals surface area contributed by atoms with Crippen LogP contribution in [0.2, 0.25) is 0 Å². The highest BCUT2D eigenvalue weighted by Gasteiger charge is 2.27. The number of rotatable bonds is 10. The van der Waals surface area contributed by atoms with E-state index in [0.29, 0.717) is 47.8 Å². The normalized spacial score (nSPS) is 10.7. The van der Waals surface area contributed by atoms with E-state index in [4.69, 9.17) is 9.47 Å². The minimum Gasteiger partial charge on any atom is -0.423 e. The Morgan fingerprint density at radius 2 is 1.33 bits per heavy atom. The molecule has 1 aromatic heterocycles. The van der Waals surface area contributed by atoms with Gasteiger partial charge in [-0.05, 0) is 75.2 Å². The zero-order valence-electron chi connectivity index (χ0n) is 22.5. The van der Waals surface area contributed by atoms with E-state index in [1.807, 2.05) is 57.2 Å². The average molecular weight is 528 g/mol. The van der Waals surface area contributed by atoms with E-state index in [0.717, 1.165) is 12.8 Å². The summed E-state index contributed by atoms with van der Waals surface area (Å²) in [5, 5.41) is 0. The van der Waals surface area contributed by atoms with E-state index in [2.05, 4.69) is 0 Å². The number of unbranched alkanes of at least 4 members (excludes halogenated alkanes) is 1. The lowest BCUT2D eigenvalue weighted by Crippen LogP contribution is -2.33. The highest BCUT2D eigenvalue weighted by Crippen LogP contribution is 2.28. The number of ether oxygens (including phenoxy) is 2. The Kier molecular flexibility index (Phi) is 8.99. The van der Waals surface area contributed by atoms with Gasteiger partial charge in [0.25, 0.3) is 5.56 Å². The number of nitrogens with zero attached hydrogens (tertiary/aromatic N) is 3. The summed E-state index contributed by atoms with van der Waals surface area (Å²) >= 11 is 0. The number of esters is 1. The van der Waals surface area contributed by atoms with Gasteiger partial charge in [-0.2, -0.15) is 0 Å². The topological polar surface area (TPSA) is 82.8 Å². The molecule has 1 amide bonds. The molecule has 0 atom stereocenters. The van der Waals surface area contributed by atoms with E-state index in [1.54, 1.807) is 58.1 Å². The predicted octanol–water partition coefficient (Wildman–Crippen LogP) is 6.03. The van der Waals surface area contributed by atoms with Crippen molar-refractivity contribution < 1.29 is 19.1 Å². The molecule has 202 valence electrons. The summed E-state index contributed by atoms with van der Waals surface area (Å²) in [7, 11) is 0. The number of carbonyl (C=O) groups excluding carboxylic acids is 2. The first-order chi connectivity index (χ1) is 19.0. The van der Waals surface area contributed by atoms with Gasteiger partial charge in [-0.1, -0.05) is 49.7 Å². The third-order valence-corrected chi connectivity index (χ3v) is 6.39. The number of para-hydroxylation sites is 1. The van der Waals surface area contributed by atoms with Gasteiger partial charge < -0.3 is 14.4 Å². The van der Waals surface area contributed by atoms with Crippen molar-refractivity contribution in [2.75, 3.05) is 13.1 Å². The van der Waals surface area contributed by atoms with E-state index in [1.165, 1.54) is 4.68 Å². The van der Waals surface area contributed by atoms with Crippen molar-refractivity contribution in [3.05, 3.63) is 106 Å². The molecule has 0 aliphatic heterocycles. The molecule has 0 saturated carbocycles. The van der Waals surface area contributed by atoms with Crippen molar-refractivity contribution in [1.82, 2.24) is 14.3 Å². The molecule has 0 unspecified atom stereocenters. The summed E-state index contributed by atoms with van der Waals surface area (Å²) in [4.78, 5) is 41.0. The molecule has 4 aromatic rings. The Hall–Kier alpha value is -4.59. The van der Waals surface area contributed by atoms with Crippen LogP contribution in [0.25, 0.3) is 11.4 Å². The number of hydrogen-bond acceptors (Lipinski definition) is 5. The first-order valence-corrected chi connectivity index (χ1v) is 13.2. The van der Waals surface area contributed by atoms with E-state index in [-0.39, 0.29) is 11.4 Å². The molecule has 4 rings (SSSR count). The van der Waals surface area contributed by atoms with Crippen molar-refractivity contribution >= 4 is 12.1 Å². The molecule has 0 aliphatic carbocycles. The molecule has 8 heteroatoms. The first kappa shape index (κ1) is 27.4. The molecule has 0 bridgehead atoms. The van der Waals surface area contributed by atoms with Gasteiger partial charge in [0.15, 0.2) is 0 Å². The molecule has 39 heavy (non-hydrogen) atoms. The SMILES string of the molecule is CCCCc1c(OC(=O)N(CC)CC)n(-c2ccc(OC(=O)c3ccccc3)cc2)n(-c2ccccc2)c1=O. The number of benzene rings is 3. The number of aromatic nitrogens is 2. The zero-order valence-corrected chi connectivity index (χ0v) is 22.5. The minimum absolute atomic E-state index is 0.184. The Balaban J connectivity index is 1.81. The molecule has 0 radical (unpaired) electrons. The van der Waals surface area contributed by atoms with Crippen LogP contribution in [0.15, 0.2) is 89.7 Å². The predicted molar refractivity (Wildman–Crippen MR) is 150 cm³/mol. The number of carbonyl (C=O) groups is 2. The van der Waals surface area contributed by atoms with Crippen LogP contribution in [-0.4, -0.2) is 39.4 Å². The largest absolute Gasteiger partial charge is 0.423 e. The Morgan fingerprint density at radius 3 is 1.92 bits per heavy atom. The third kappa shape index (κ3) is 6.12. The molecule has 0 fully saturated rings. The van der Waals surface area contributed by atoms with Gasteiger partial charge in [0.1, 0.15) is 5.75 Å². The lowest BCUT2D eigenvalue weighted by Gasteiger charge is -2.20. The maximum Gasteiger partial charge on any atom is 0.416 e. The van der Waals surface area contributed by atoms with Crippen LogP contribution in [0.4, 0.5) is 4.79 Å². The maximum absolute atomic E-state index is 13.8. The van der Waals surface area contributed by atoms with Crippen molar-refractivity contribution in [1.29, 1.82) is 0 Å². The van der Waals surface area contributed by atoms with E-state index in [9.17, 15) is 14.4 Å². The van der Waals surface area contributed by atoms with Crippen molar-refractivity contribution in [3.63, 3.8) is 0 Å². The molecular weight excluding hydrogens is 494 g/mol. The summed E-state index contributed by atoms with van der Waals surface area (Å²) in [6, 6.07) is 24.7. The fourth-order valence-electron chi connectivity index (χ4n) is 4.26. The van der Waals surface area contributed by atoms with Crippen LogP contribution < -0.4 is 15.0 Å². The van der Waals surface area contributed by atoms with Crippen LogP contribution in [0.1, 0.15) is 49.5 Å². The third-order valence-electron chi connectivity index (χ3n) is 6.39. The highest BCUT2D eigenvalue weighted by molar-refractivity contribution is 5.91. The van der Waals surface area contributed by atoms with Crippen molar-refractivity contribution in [2.24, 2.45) is 0 Å². The van der Waals surface area contributed by atoms with Gasteiger partial charge in [0, 0.05) is 13.1 Å². The quantitative estimate of drug-likeness (QED) is 0.186. The Morgan fingerprint density at radius 1 is 0.744 bits per heavy atom. The van der Waals surface area contributed by atoms with E-state index < -0.39 is 12.1 Å². The fourth-order valence-corrected chi connectivity index (χ4v) is 4.26. The van der Waals surface area contributed by atoms with E-state index >= 15 is 0 Å². The average Bonchev–Trinajstić information content (AvgIpc) is 3.24. The number of hydrogen-bond donors (Lipinski definition) is 0. The van der Waals surface area contributed by atoms with Crippen LogP contribution in [0.5, 0.6) is 11.6 Å². The summed E-state index contributed by atoms with van der Waals surface area (Å²) in [5.74, 6) is 0.0608. The zero-order chi connectivity index (χ0) is 27.8. The van der Waals surface area contributed by atoms with Crippen molar-refractivity contribution in [3.8, 4) is 23.0 Å². The van der Waals surface area contributed by atoms with Gasteiger partial charge >= 0.3 is 12.1 Å². The Labute approximate surface area is 228 Å². The number of amides is 1. The molecule has 8 nitrogen and oxygen atoms in total. The summed E-state index contributed by atoms with van der Waals surface area (Å²) in [6.07, 6.45) is 1.58. The molecule has 0 N–H and O–H groups in total. The minimum atomic E-state index is -0.523. The van der Waals surface area contributed by atoms with Crippen LogP contribution >= 0.6 is 0 Å². The molecule has 1 heterocycles. The van der Waals surface area contributed by atoms with Crippen LogP contribution in [0.3, 0.4) is 0 Å². The molecule has 0 saturated heterocycles. The van der Waals surface area contributed by atoms with Gasteiger partial charge in [-0.3, -0.25) is 4.79 Å². The van der Waals surface area contributed by atoms with Gasteiger partial charge in [0.2, 0.25) is 5.88 Å². The standard InChI is InChI=1S/C31H33N3O5/c1-4-7-18-27-28(35)33(24-16-12-9-13-17-24)34(29(27)39-31(37)32(5-2)6-3)25-19-21-26(22-20-25)38-30(36)23-14-10-8-11-15-23/h8-17,19-22H,4-7,18H2,1-3H3. The second kappa shape index (κ2) is 12.8.